The van der Waals surface area contributed by atoms with Gasteiger partial charge in [0.15, 0.2) is 0 Å². The van der Waals surface area contributed by atoms with E-state index in [2.05, 4.69) is 46.3 Å². The van der Waals surface area contributed by atoms with Crippen molar-refractivity contribution in [1.29, 1.82) is 0 Å². The molecule has 1 saturated carbocycles. The molecule has 76 valence electrons. The fourth-order valence-corrected chi connectivity index (χ4v) is 3.31. The van der Waals surface area contributed by atoms with Crippen LogP contribution in [0, 0.1) is 5.92 Å². The zero-order chi connectivity index (χ0) is 9.80. The molecule has 14 heavy (non-hydrogen) atoms. The normalized spacial score (nSPS) is 27.5. The van der Waals surface area contributed by atoms with Gasteiger partial charge < -0.3 is 0 Å². The molecule has 2 atom stereocenters. The van der Waals surface area contributed by atoms with E-state index >= 15 is 0 Å². The molecule has 0 heterocycles. The van der Waals surface area contributed by atoms with Crippen LogP contribution < -0.4 is 0 Å². The summed E-state index contributed by atoms with van der Waals surface area (Å²) in [7, 11) is 0. The van der Waals surface area contributed by atoms with Crippen molar-refractivity contribution in [3.8, 4) is 0 Å². The van der Waals surface area contributed by atoms with Crippen LogP contribution >= 0.6 is 15.9 Å². The minimum Gasteiger partial charge on any atom is -0.0925 e. The highest BCUT2D eigenvalue weighted by molar-refractivity contribution is 9.09. The summed E-state index contributed by atoms with van der Waals surface area (Å²) in [4.78, 5) is 0. The van der Waals surface area contributed by atoms with Gasteiger partial charge in [0, 0.05) is 5.33 Å². The molecule has 2 unspecified atom stereocenters. The Morgan fingerprint density at radius 2 is 1.79 bits per heavy atom. The lowest BCUT2D eigenvalue weighted by Gasteiger charge is -2.30. The Morgan fingerprint density at radius 3 is 2.50 bits per heavy atom. The van der Waals surface area contributed by atoms with E-state index < -0.39 is 0 Å². The minimum atomic E-state index is 0.796. The van der Waals surface area contributed by atoms with Crippen LogP contribution in [-0.2, 0) is 0 Å². The van der Waals surface area contributed by atoms with Crippen LogP contribution in [-0.4, -0.2) is 5.33 Å². The number of hydrogen-bond donors (Lipinski definition) is 0. The molecule has 0 nitrogen and oxygen atoms in total. The van der Waals surface area contributed by atoms with Crippen molar-refractivity contribution >= 4 is 15.9 Å². The number of alkyl halides is 1. The summed E-state index contributed by atoms with van der Waals surface area (Å²) in [5.74, 6) is 1.65. The second kappa shape index (κ2) is 4.97. The first-order valence-electron chi connectivity index (χ1n) is 5.52. The van der Waals surface area contributed by atoms with E-state index in [1.165, 1.54) is 31.2 Å². The van der Waals surface area contributed by atoms with Gasteiger partial charge in [-0.15, -0.1) is 0 Å². The van der Waals surface area contributed by atoms with Crippen molar-refractivity contribution in [2.75, 3.05) is 5.33 Å². The number of rotatable bonds is 2. The molecular formula is C13H17Br. The number of hydrogen-bond acceptors (Lipinski definition) is 0. The Hall–Kier alpha value is -0.300. The third-order valence-electron chi connectivity index (χ3n) is 3.33. The first-order chi connectivity index (χ1) is 6.92. The fourth-order valence-electron chi connectivity index (χ4n) is 2.53. The molecule has 0 bridgehead atoms. The molecule has 0 spiro atoms. The largest absolute Gasteiger partial charge is 0.0925 e. The van der Waals surface area contributed by atoms with Crippen molar-refractivity contribution in [3.05, 3.63) is 35.9 Å². The molecule has 0 saturated heterocycles. The summed E-state index contributed by atoms with van der Waals surface area (Å²) in [5, 5.41) is 1.16. The second-order valence-electron chi connectivity index (χ2n) is 4.22. The zero-order valence-corrected chi connectivity index (χ0v) is 10.0. The van der Waals surface area contributed by atoms with E-state index in [0.717, 1.165) is 17.2 Å². The molecule has 0 N–H and O–H groups in total. The summed E-state index contributed by atoms with van der Waals surface area (Å²) >= 11 is 3.65. The average Bonchev–Trinajstić information content (AvgIpc) is 2.30. The Morgan fingerprint density at radius 1 is 1.07 bits per heavy atom. The Balaban J connectivity index is 2.15. The molecule has 1 aromatic carbocycles. The summed E-state index contributed by atoms with van der Waals surface area (Å²) in [6.07, 6.45) is 5.59. The third-order valence-corrected chi connectivity index (χ3v) is 4.17. The van der Waals surface area contributed by atoms with Crippen LogP contribution in [0.4, 0.5) is 0 Å². The monoisotopic (exact) mass is 252 g/mol. The van der Waals surface area contributed by atoms with Gasteiger partial charge in [-0.05, 0) is 30.2 Å². The van der Waals surface area contributed by atoms with Gasteiger partial charge in [-0.1, -0.05) is 59.1 Å². The van der Waals surface area contributed by atoms with Gasteiger partial charge >= 0.3 is 0 Å². The quantitative estimate of drug-likeness (QED) is 0.687. The molecule has 1 aliphatic carbocycles. The van der Waals surface area contributed by atoms with Crippen LogP contribution in [0.25, 0.3) is 0 Å². The predicted molar refractivity (Wildman–Crippen MR) is 64.9 cm³/mol. The smallest absolute Gasteiger partial charge is 0.00655 e. The minimum absolute atomic E-state index is 0.796. The number of halogens is 1. The molecule has 0 amide bonds. The highest BCUT2D eigenvalue weighted by Gasteiger charge is 2.24. The Kier molecular flexibility index (Phi) is 3.63. The van der Waals surface area contributed by atoms with Gasteiger partial charge in [-0.25, -0.2) is 0 Å². The molecule has 1 aliphatic rings. The van der Waals surface area contributed by atoms with Crippen LogP contribution in [0.15, 0.2) is 30.3 Å². The highest BCUT2D eigenvalue weighted by Crippen LogP contribution is 2.38. The van der Waals surface area contributed by atoms with E-state index in [9.17, 15) is 0 Å². The lowest BCUT2D eigenvalue weighted by molar-refractivity contribution is 0.337. The van der Waals surface area contributed by atoms with Crippen LogP contribution in [0.1, 0.15) is 37.2 Å². The fraction of sp³-hybridized carbons (Fsp3) is 0.538. The van der Waals surface area contributed by atoms with E-state index in [1.54, 1.807) is 0 Å². The lowest BCUT2D eigenvalue weighted by atomic mass is 9.76. The Labute approximate surface area is 94.8 Å². The van der Waals surface area contributed by atoms with Crippen LogP contribution in [0.2, 0.25) is 0 Å². The Bertz CT molecular complexity index is 268. The standard InChI is InChI=1S/C13H17Br/c14-10-12-8-4-5-9-13(12)11-6-2-1-3-7-11/h1-3,6-7,12-13H,4-5,8-10H2. The van der Waals surface area contributed by atoms with Crippen molar-refractivity contribution in [3.63, 3.8) is 0 Å². The van der Waals surface area contributed by atoms with Crippen molar-refractivity contribution < 1.29 is 0 Å². The molecular weight excluding hydrogens is 236 g/mol. The highest BCUT2D eigenvalue weighted by atomic mass is 79.9. The zero-order valence-electron chi connectivity index (χ0n) is 8.45. The van der Waals surface area contributed by atoms with Gasteiger partial charge in [0.05, 0.1) is 0 Å². The van der Waals surface area contributed by atoms with E-state index in [0.29, 0.717) is 0 Å². The van der Waals surface area contributed by atoms with Gasteiger partial charge in [0.25, 0.3) is 0 Å². The number of benzene rings is 1. The first-order valence-corrected chi connectivity index (χ1v) is 6.65. The molecule has 0 aliphatic heterocycles. The van der Waals surface area contributed by atoms with Gasteiger partial charge in [-0.3, -0.25) is 0 Å². The molecule has 2 rings (SSSR count). The summed E-state index contributed by atoms with van der Waals surface area (Å²) in [6.45, 7) is 0. The average molecular weight is 253 g/mol. The van der Waals surface area contributed by atoms with Crippen molar-refractivity contribution in [2.24, 2.45) is 5.92 Å². The van der Waals surface area contributed by atoms with Gasteiger partial charge in [0.2, 0.25) is 0 Å². The molecule has 1 fully saturated rings. The predicted octanol–water partition coefficient (Wildman–Crippen LogP) is 4.36. The lowest BCUT2D eigenvalue weighted by Crippen LogP contribution is -2.18. The summed E-state index contributed by atoms with van der Waals surface area (Å²) in [6, 6.07) is 11.0. The maximum atomic E-state index is 3.65. The van der Waals surface area contributed by atoms with Crippen molar-refractivity contribution in [1.82, 2.24) is 0 Å². The SMILES string of the molecule is BrCC1CCCCC1c1ccccc1. The van der Waals surface area contributed by atoms with Gasteiger partial charge in [0.1, 0.15) is 0 Å². The molecule has 1 heteroatoms. The van der Waals surface area contributed by atoms with Crippen molar-refractivity contribution in [2.45, 2.75) is 31.6 Å². The molecule has 0 aromatic heterocycles. The second-order valence-corrected chi connectivity index (χ2v) is 4.86. The van der Waals surface area contributed by atoms with E-state index in [4.69, 9.17) is 0 Å². The maximum Gasteiger partial charge on any atom is 0.00655 e. The summed E-state index contributed by atoms with van der Waals surface area (Å²) < 4.78 is 0. The molecule has 0 radical (unpaired) electrons. The van der Waals surface area contributed by atoms with E-state index in [1.807, 2.05) is 0 Å². The summed E-state index contributed by atoms with van der Waals surface area (Å²) in [5.41, 5.74) is 1.54. The maximum absolute atomic E-state index is 3.65. The van der Waals surface area contributed by atoms with Gasteiger partial charge in [-0.2, -0.15) is 0 Å². The van der Waals surface area contributed by atoms with Crippen LogP contribution in [0.3, 0.4) is 0 Å². The van der Waals surface area contributed by atoms with Crippen LogP contribution in [0.5, 0.6) is 0 Å². The third kappa shape index (κ3) is 2.20. The first kappa shape index (κ1) is 10.2. The van der Waals surface area contributed by atoms with E-state index in [-0.39, 0.29) is 0 Å². The molecule has 1 aromatic rings. The topological polar surface area (TPSA) is 0 Å².